The van der Waals surface area contributed by atoms with Crippen molar-refractivity contribution in [2.24, 2.45) is 0 Å². The molecule has 4 nitrogen and oxygen atoms in total. The minimum Gasteiger partial charge on any atom is -0.205 e. The fourth-order valence-corrected chi connectivity index (χ4v) is 1.71. The zero-order valence-electron chi connectivity index (χ0n) is 8.98. The van der Waals surface area contributed by atoms with Crippen LogP contribution in [0.1, 0.15) is 33.3 Å². The van der Waals surface area contributed by atoms with Crippen LogP contribution < -0.4 is 0 Å². The van der Waals surface area contributed by atoms with Crippen LogP contribution in [-0.4, -0.2) is 23.4 Å². The standard InChI is InChI=1S/C9H16N2O2S/c1-5-14(12,13)11-7-8(6-10-11)9(2,3)4/h6-7H,5H2,1-4H3. The molecule has 0 aliphatic carbocycles. The van der Waals surface area contributed by atoms with Gasteiger partial charge in [0.1, 0.15) is 0 Å². The quantitative estimate of drug-likeness (QED) is 0.750. The fraction of sp³-hybridized carbons (Fsp3) is 0.667. The van der Waals surface area contributed by atoms with Gasteiger partial charge < -0.3 is 0 Å². The molecule has 0 amide bonds. The van der Waals surface area contributed by atoms with Crippen LogP contribution in [0.4, 0.5) is 0 Å². The van der Waals surface area contributed by atoms with Crippen molar-refractivity contribution in [1.82, 2.24) is 9.19 Å². The van der Waals surface area contributed by atoms with Gasteiger partial charge in [-0.2, -0.15) is 9.19 Å². The fourth-order valence-electron chi connectivity index (χ4n) is 0.976. The van der Waals surface area contributed by atoms with E-state index in [0.29, 0.717) is 0 Å². The lowest BCUT2D eigenvalue weighted by Crippen LogP contribution is -2.15. The predicted molar refractivity (Wildman–Crippen MR) is 55.8 cm³/mol. The zero-order chi connectivity index (χ0) is 11.0. The molecule has 0 atom stereocenters. The smallest absolute Gasteiger partial charge is 0.205 e. The number of rotatable bonds is 2. The van der Waals surface area contributed by atoms with E-state index in [1.54, 1.807) is 19.3 Å². The third kappa shape index (κ3) is 2.15. The van der Waals surface area contributed by atoms with Gasteiger partial charge >= 0.3 is 0 Å². The van der Waals surface area contributed by atoms with Gasteiger partial charge in [-0.05, 0) is 17.9 Å². The second-order valence-electron chi connectivity index (χ2n) is 4.25. The molecule has 0 fully saturated rings. The van der Waals surface area contributed by atoms with E-state index in [4.69, 9.17) is 0 Å². The van der Waals surface area contributed by atoms with Crippen molar-refractivity contribution in [1.29, 1.82) is 0 Å². The molecule has 1 heterocycles. The molecule has 0 bridgehead atoms. The monoisotopic (exact) mass is 216 g/mol. The Bertz CT molecular complexity index is 412. The van der Waals surface area contributed by atoms with E-state index in [0.717, 1.165) is 9.65 Å². The van der Waals surface area contributed by atoms with Crippen LogP contribution in [-0.2, 0) is 15.4 Å². The molecule has 1 aromatic rings. The van der Waals surface area contributed by atoms with E-state index < -0.39 is 10.0 Å². The molecule has 0 saturated heterocycles. The van der Waals surface area contributed by atoms with E-state index in [1.807, 2.05) is 20.8 Å². The summed E-state index contributed by atoms with van der Waals surface area (Å²) in [4.78, 5) is 0. The third-order valence-corrected chi connectivity index (χ3v) is 3.58. The van der Waals surface area contributed by atoms with Gasteiger partial charge in [0.2, 0.25) is 0 Å². The van der Waals surface area contributed by atoms with Gasteiger partial charge in [0.25, 0.3) is 10.0 Å². The molecule has 1 aromatic heterocycles. The number of nitrogens with zero attached hydrogens (tertiary/aromatic N) is 2. The highest BCUT2D eigenvalue weighted by Gasteiger charge is 2.19. The molecular weight excluding hydrogens is 200 g/mol. The molecule has 14 heavy (non-hydrogen) atoms. The minimum atomic E-state index is -3.23. The van der Waals surface area contributed by atoms with Gasteiger partial charge in [-0.25, -0.2) is 8.42 Å². The Labute approximate surface area is 85.0 Å². The Kier molecular flexibility index (Phi) is 2.71. The summed E-state index contributed by atoms with van der Waals surface area (Å²) in [6.07, 6.45) is 3.19. The highest BCUT2D eigenvalue weighted by Crippen LogP contribution is 2.21. The second-order valence-corrected chi connectivity index (χ2v) is 6.37. The molecule has 0 saturated carbocycles. The second kappa shape index (κ2) is 3.38. The van der Waals surface area contributed by atoms with Gasteiger partial charge in [0.05, 0.1) is 11.9 Å². The highest BCUT2D eigenvalue weighted by molar-refractivity contribution is 7.89. The molecule has 0 N–H and O–H groups in total. The number of hydrogen-bond donors (Lipinski definition) is 0. The first-order chi connectivity index (χ1) is 6.27. The predicted octanol–water partition coefficient (Wildman–Crippen LogP) is 1.38. The molecule has 0 aliphatic rings. The van der Waals surface area contributed by atoms with Crippen LogP contribution in [0.15, 0.2) is 12.4 Å². The van der Waals surface area contributed by atoms with Crippen LogP contribution in [0, 0.1) is 0 Å². The van der Waals surface area contributed by atoms with E-state index in [9.17, 15) is 8.42 Å². The minimum absolute atomic E-state index is 0.0677. The van der Waals surface area contributed by atoms with Crippen LogP contribution in [0.3, 0.4) is 0 Å². The SMILES string of the molecule is CCS(=O)(=O)n1cc(C(C)(C)C)cn1. The maximum atomic E-state index is 11.4. The summed E-state index contributed by atoms with van der Waals surface area (Å²) in [5, 5.41) is 3.85. The highest BCUT2D eigenvalue weighted by atomic mass is 32.2. The van der Waals surface area contributed by atoms with Crippen LogP contribution in [0.5, 0.6) is 0 Å². The van der Waals surface area contributed by atoms with E-state index in [2.05, 4.69) is 5.10 Å². The summed E-state index contributed by atoms with van der Waals surface area (Å²) in [6.45, 7) is 7.67. The van der Waals surface area contributed by atoms with Crippen LogP contribution in [0.2, 0.25) is 0 Å². The zero-order valence-corrected chi connectivity index (χ0v) is 9.80. The Balaban J connectivity index is 3.13. The van der Waals surface area contributed by atoms with E-state index >= 15 is 0 Å². The summed E-state index contributed by atoms with van der Waals surface area (Å²) in [5.74, 6) is 0.0677. The number of hydrogen-bond acceptors (Lipinski definition) is 3. The number of aromatic nitrogens is 2. The molecule has 1 rings (SSSR count). The lowest BCUT2D eigenvalue weighted by atomic mass is 9.90. The summed E-state index contributed by atoms with van der Waals surface area (Å²) in [7, 11) is -3.23. The van der Waals surface area contributed by atoms with E-state index in [1.165, 1.54) is 0 Å². The van der Waals surface area contributed by atoms with Crippen molar-refractivity contribution in [3.05, 3.63) is 18.0 Å². The molecular formula is C9H16N2O2S. The molecule has 0 radical (unpaired) electrons. The average Bonchev–Trinajstić information content (AvgIpc) is 2.51. The molecule has 0 unspecified atom stereocenters. The maximum Gasteiger partial charge on any atom is 0.253 e. The van der Waals surface area contributed by atoms with Gasteiger partial charge in [0.15, 0.2) is 0 Å². The summed E-state index contributed by atoms with van der Waals surface area (Å²) in [5.41, 5.74) is 0.858. The molecule has 0 aliphatic heterocycles. The third-order valence-electron chi connectivity index (χ3n) is 2.08. The average molecular weight is 216 g/mol. The van der Waals surface area contributed by atoms with E-state index in [-0.39, 0.29) is 11.2 Å². The molecule has 0 aromatic carbocycles. The summed E-state index contributed by atoms with van der Waals surface area (Å²) < 4.78 is 23.9. The first-order valence-corrected chi connectivity index (χ1v) is 6.16. The van der Waals surface area contributed by atoms with Crippen LogP contribution >= 0.6 is 0 Å². The van der Waals surface area contributed by atoms with Gasteiger partial charge in [-0.15, -0.1) is 0 Å². The normalized spacial score (nSPS) is 13.1. The molecule has 80 valence electrons. The summed E-state index contributed by atoms with van der Waals surface area (Å²) in [6, 6.07) is 0. The van der Waals surface area contributed by atoms with Crippen molar-refractivity contribution in [3.8, 4) is 0 Å². The van der Waals surface area contributed by atoms with Gasteiger partial charge in [-0.3, -0.25) is 0 Å². The van der Waals surface area contributed by atoms with Crippen molar-refractivity contribution in [3.63, 3.8) is 0 Å². The van der Waals surface area contributed by atoms with Crippen LogP contribution in [0.25, 0.3) is 0 Å². The largest absolute Gasteiger partial charge is 0.253 e. The van der Waals surface area contributed by atoms with Crippen molar-refractivity contribution >= 4 is 10.0 Å². The Hall–Kier alpha value is -0.840. The van der Waals surface area contributed by atoms with Crippen molar-refractivity contribution in [2.75, 3.05) is 5.75 Å². The van der Waals surface area contributed by atoms with Crippen molar-refractivity contribution in [2.45, 2.75) is 33.1 Å². The molecule has 5 heteroatoms. The first-order valence-electron chi connectivity index (χ1n) is 4.56. The lowest BCUT2D eigenvalue weighted by Gasteiger charge is -2.14. The lowest BCUT2D eigenvalue weighted by molar-refractivity contribution is 0.579. The Morgan fingerprint density at radius 3 is 2.36 bits per heavy atom. The Morgan fingerprint density at radius 2 is 2.00 bits per heavy atom. The summed E-state index contributed by atoms with van der Waals surface area (Å²) >= 11 is 0. The maximum absolute atomic E-state index is 11.4. The van der Waals surface area contributed by atoms with Crippen molar-refractivity contribution < 1.29 is 8.42 Å². The van der Waals surface area contributed by atoms with Gasteiger partial charge in [0, 0.05) is 6.20 Å². The topological polar surface area (TPSA) is 52.0 Å². The van der Waals surface area contributed by atoms with Gasteiger partial charge in [-0.1, -0.05) is 20.8 Å². The Morgan fingerprint density at radius 1 is 1.43 bits per heavy atom. The molecule has 0 spiro atoms. The first kappa shape index (κ1) is 11.2.